The van der Waals surface area contributed by atoms with E-state index in [0.717, 1.165) is 0 Å². The number of hydrogen-bond acceptors (Lipinski definition) is 2. The molecular weight excluding hydrogens is 140 g/mol. The predicted molar refractivity (Wildman–Crippen MR) is 36.6 cm³/mol. The van der Waals surface area contributed by atoms with Gasteiger partial charge in [0, 0.05) is 0 Å². The zero-order valence-corrected chi connectivity index (χ0v) is 6.57. The van der Waals surface area contributed by atoms with E-state index in [-0.39, 0.29) is 5.78 Å². The second-order valence-electron chi connectivity index (χ2n) is 2.32. The lowest BCUT2D eigenvalue weighted by Gasteiger charge is -2.21. The van der Waals surface area contributed by atoms with Gasteiger partial charge >= 0.3 is 0 Å². The van der Waals surface area contributed by atoms with Gasteiger partial charge in [0.1, 0.15) is 5.60 Å². The molecule has 0 heterocycles. The van der Waals surface area contributed by atoms with Gasteiger partial charge in [0.05, 0.1) is 5.38 Å². The molecule has 2 nitrogen and oxygen atoms in total. The molecule has 0 amide bonds. The molecule has 2 atom stereocenters. The summed E-state index contributed by atoms with van der Waals surface area (Å²) in [6.07, 6.45) is 0. The topological polar surface area (TPSA) is 37.3 Å². The molecule has 0 saturated heterocycles. The van der Waals surface area contributed by atoms with Crippen LogP contribution in [0.5, 0.6) is 0 Å². The van der Waals surface area contributed by atoms with Crippen molar-refractivity contribution >= 4 is 17.4 Å². The summed E-state index contributed by atoms with van der Waals surface area (Å²) >= 11 is 5.49. The zero-order valence-electron chi connectivity index (χ0n) is 5.81. The van der Waals surface area contributed by atoms with Crippen LogP contribution in [-0.4, -0.2) is 21.9 Å². The molecule has 0 unspecified atom stereocenters. The Morgan fingerprint density at radius 2 is 2.11 bits per heavy atom. The third-order valence-electron chi connectivity index (χ3n) is 1.49. The maximum atomic E-state index is 10.6. The van der Waals surface area contributed by atoms with Gasteiger partial charge in [0.2, 0.25) is 0 Å². The summed E-state index contributed by atoms with van der Waals surface area (Å²) in [6.45, 7) is 4.31. The van der Waals surface area contributed by atoms with Crippen LogP contribution in [0.25, 0.3) is 0 Å². The van der Waals surface area contributed by atoms with Crippen molar-refractivity contribution < 1.29 is 9.90 Å². The number of halogens is 1. The van der Waals surface area contributed by atoms with E-state index >= 15 is 0 Å². The fraction of sp³-hybridized carbons (Fsp3) is 0.833. The normalized spacial score (nSPS) is 20.6. The Balaban J connectivity index is 4.19. The molecule has 0 aromatic carbocycles. The van der Waals surface area contributed by atoms with Crippen molar-refractivity contribution in [1.29, 1.82) is 0 Å². The van der Waals surface area contributed by atoms with Crippen molar-refractivity contribution in [3.8, 4) is 0 Å². The lowest BCUT2D eigenvalue weighted by molar-refractivity contribution is -0.133. The first-order valence-corrected chi connectivity index (χ1v) is 3.20. The van der Waals surface area contributed by atoms with Crippen LogP contribution >= 0.6 is 11.6 Å². The minimum absolute atomic E-state index is 0.301. The van der Waals surface area contributed by atoms with Crippen molar-refractivity contribution in [2.45, 2.75) is 31.7 Å². The molecule has 0 rings (SSSR count). The van der Waals surface area contributed by atoms with Crippen molar-refractivity contribution in [2.24, 2.45) is 0 Å². The van der Waals surface area contributed by atoms with Gasteiger partial charge in [-0.3, -0.25) is 4.79 Å². The summed E-state index contributed by atoms with van der Waals surface area (Å²) in [4.78, 5) is 10.6. The number of rotatable bonds is 2. The number of hydrogen-bond donors (Lipinski definition) is 1. The second-order valence-corrected chi connectivity index (χ2v) is 2.97. The monoisotopic (exact) mass is 150 g/mol. The van der Waals surface area contributed by atoms with Crippen molar-refractivity contribution in [1.82, 2.24) is 0 Å². The number of carbonyl (C=O) groups is 1. The second kappa shape index (κ2) is 2.67. The maximum absolute atomic E-state index is 10.6. The molecule has 9 heavy (non-hydrogen) atoms. The van der Waals surface area contributed by atoms with E-state index in [4.69, 9.17) is 11.6 Å². The Hall–Kier alpha value is -0.0800. The molecule has 0 aliphatic carbocycles. The molecule has 0 bridgehead atoms. The van der Waals surface area contributed by atoms with Crippen molar-refractivity contribution in [3.63, 3.8) is 0 Å². The van der Waals surface area contributed by atoms with E-state index in [0.29, 0.717) is 0 Å². The SMILES string of the molecule is CC(=O)[C@@](C)(O)[C@@H](C)Cl. The first-order chi connectivity index (χ1) is 3.89. The van der Waals surface area contributed by atoms with Crippen LogP contribution in [0.1, 0.15) is 20.8 Å². The van der Waals surface area contributed by atoms with E-state index in [1.807, 2.05) is 0 Å². The number of alkyl halides is 1. The lowest BCUT2D eigenvalue weighted by Crippen LogP contribution is -2.40. The summed E-state index contributed by atoms with van der Waals surface area (Å²) < 4.78 is 0. The van der Waals surface area contributed by atoms with Crippen LogP contribution in [0.4, 0.5) is 0 Å². The van der Waals surface area contributed by atoms with Crippen LogP contribution in [0, 0.1) is 0 Å². The highest BCUT2D eigenvalue weighted by molar-refractivity contribution is 6.23. The molecule has 0 aromatic heterocycles. The third kappa shape index (κ3) is 1.95. The highest BCUT2D eigenvalue weighted by Gasteiger charge is 2.31. The Bertz CT molecular complexity index is 118. The van der Waals surface area contributed by atoms with Crippen LogP contribution in [0.15, 0.2) is 0 Å². The van der Waals surface area contributed by atoms with Gasteiger partial charge in [-0.05, 0) is 20.8 Å². The van der Waals surface area contributed by atoms with Crippen molar-refractivity contribution in [2.75, 3.05) is 0 Å². The molecule has 3 heteroatoms. The summed E-state index contributed by atoms with van der Waals surface area (Å²) in [6, 6.07) is 0. The number of carbonyl (C=O) groups excluding carboxylic acids is 1. The van der Waals surface area contributed by atoms with Gasteiger partial charge in [-0.1, -0.05) is 0 Å². The van der Waals surface area contributed by atoms with Gasteiger partial charge in [0.15, 0.2) is 5.78 Å². The number of Topliss-reactive ketones (excluding diaryl/α,β-unsaturated/α-hetero) is 1. The summed E-state index contributed by atoms with van der Waals surface area (Å²) in [7, 11) is 0. The number of aliphatic hydroxyl groups is 1. The molecule has 0 aliphatic heterocycles. The highest BCUT2D eigenvalue weighted by atomic mass is 35.5. The van der Waals surface area contributed by atoms with E-state index in [9.17, 15) is 9.90 Å². The fourth-order valence-corrected chi connectivity index (χ4v) is 0.434. The van der Waals surface area contributed by atoms with E-state index in [1.165, 1.54) is 13.8 Å². The Kier molecular flexibility index (Phi) is 2.65. The van der Waals surface area contributed by atoms with Crippen LogP contribution in [0.3, 0.4) is 0 Å². The zero-order chi connectivity index (χ0) is 7.65. The molecular formula is C6H11ClO2. The van der Waals surface area contributed by atoms with Crippen LogP contribution in [-0.2, 0) is 4.79 Å². The molecule has 0 fully saturated rings. The highest BCUT2D eigenvalue weighted by Crippen LogP contribution is 2.15. The summed E-state index contributed by atoms with van der Waals surface area (Å²) in [5.41, 5.74) is -1.37. The van der Waals surface area contributed by atoms with Crippen LogP contribution in [0.2, 0.25) is 0 Å². The van der Waals surface area contributed by atoms with Gasteiger partial charge in [-0.25, -0.2) is 0 Å². The largest absolute Gasteiger partial charge is 0.381 e. The molecule has 0 spiro atoms. The Morgan fingerprint density at radius 1 is 1.78 bits per heavy atom. The smallest absolute Gasteiger partial charge is 0.162 e. The maximum Gasteiger partial charge on any atom is 0.162 e. The molecule has 0 saturated carbocycles. The first kappa shape index (κ1) is 8.92. The molecule has 0 aliphatic rings. The van der Waals surface area contributed by atoms with Crippen LogP contribution < -0.4 is 0 Å². The predicted octanol–water partition coefficient (Wildman–Crippen LogP) is 0.954. The third-order valence-corrected chi connectivity index (χ3v) is 1.91. The molecule has 0 aromatic rings. The van der Waals surface area contributed by atoms with E-state index in [2.05, 4.69) is 0 Å². The van der Waals surface area contributed by atoms with Gasteiger partial charge in [-0.15, -0.1) is 11.6 Å². The van der Waals surface area contributed by atoms with Gasteiger partial charge in [-0.2, -0.15) is 0 Å². The fourth-order valence-electron chi connectivity index (χ4n) is 0.280. The standard InChI is InChI=1S/C6H11ClO2/c1-4(7)6(3,9)5(2)8/h4,9H,1-3H3/t4-,6+/m1/s1. The average Bonchev–Trinajstić information content (AvgIpc) is 1.65. The van der Waals surface area contributed by atoms with Gasteiger partial charge < -0.3 is 5.11 Å². The Morgan fingerprint density at radius 3 is 2.11 bits per heavy atom. The first-order valence-electron chi connectivity index (χ1n) is 2.76. The minimum atomic E-state index is -1.37. The van der Waals surface area contributed by atoms with Crippen molar-refractivity contribution in [3.05, 3.63) is 0 Å². The number of ketones is 1. The van der Waals surface area contributed by atoms with E-state index < -0.39 is 11.0 Å². The average molecular weight is 151 g/mol. The summed E-state index contributed by atoms with van der Waals surface area (Å²) in [5, 5.41) is 8.66. The Labute approximate surface area is 59.8 Å². The van der Waals surface area contributed by atoms with E-state index in [1.54, 1.807) is 6.92 Å². The minimum Gasteiger partial charge on any atom is -0.381 e. The molecule has 1 N–H and O–H groups in total. The summed E-state index contributed by atoms with van der Waals surface area (Å²) in [5.74, 6) is -0.301. The van der Waals surface area contributed by atoms with Gasteiger partial charge in [0.25, 0.3) is 0 Å². The lowest BCUT2D eigenvalue weighted by atomic mass is 9.99. The molecule has 0 radical (unpaired) electrons. The quantitative estimate of drug-likeness (QED) is 0.596. The molecule has 54 valence electrons.